The number of carbonyl (C=O) groups excluding carboxylic acids is 3. The molecule has 7 rings (SSSR count). The number of aromatic nitrogens is 1. The summed E-state index contributed by atoms with van der Waals surface area (Å²) in [5.74, 6) is 3.12. The number of benzene rings is 2. The third-order valence-electron chi connectivity index (χ3n) is 10.1. The van der Waals surface area contributed by atoms with Gasteiger partial charge >= 0.3 is 6.18 Å². The Hall–Kier alpha value is -4.43. The summed E-state index contributed by atoms with van der Waals surface area (Å²) < 4.78 is 69.1. The van der Waals surface area contributed by atoms with Crippen LogP contribution >= 0.6 is 0 Å². The Bertz CT molecular complexity index is 1780. The SMILES string of the molecule is NN1C(=O)C2(Cc3ccc(NC(=O)CN4C(=O)C5(CCCN5CC(F)(F)F)CCC4c4cc(F)cc(F)c4)cc3C2)c2cccnc21. The van der Waals surface area contributed by atoms with Gasteiger partial charge in [0, 0.05) is 23.5 Å². The monoisotopic (exact) mass is 654 g/mol. The van der Waals surface area contributed by atoms with Crippen LogP contribution in [-0.2, 0) is 32.6 Å². The maximum absolute atomic E-state index is 14.3. The fourth-order valence-corrected chi connectivity index (χ4v) is 8.10. The van der Waals surface area contributed by atoms with Crippen LogP contribution in [0, 0.1) is 11.6 Å². The number of rotatable bonds is 5. The minimum Gasteiger partial charge on any atom is -0.325 e. The fourth-order valence-electron chi connectivity index (χ4n) is 8.10. The number of nitrogens with zero attached hydrogens (tertiary/aromatic N) is 4. The molecule has 47 heavy (non-hydrogen) atoms. The van der Waals surface area contributed by atoms with Crippen LogP contribution in [0.3, 0.4) is 0 Å². The van der Waals surface area contributed by atoms with Crippen molar-refractivity contribution < 1.29 is 36.3 Å². The van der Waals surface area contributed by atoms with Crippen LogP contribution in [0.1, 0.15) is 54.0 Å². The van der Waals surface area contributed by atoms with E-state index in [9.17, 15) is 36.3 Å². The standard InChI is InChI=1S/C33H31F5N6O3/c34-22-11-20(12-23(35)14-22)26-6-8-32(7-2-10-42(32)18-33(36,37)38)30(47)43(26)17-27(45)41-24-5-4-19-15-31(16-21(19)13-24)25-3-1-9-40-28(25)44(39)29(31)46/h1,3-5,9,11-14,26H,2,6-8,10,15-18,39H2,(H,41,45). The van der Waals surface area contributed by atoms with Crippen LogP contribution in [-0.4, -0.2) is 63.9 Å². The second kappa shape index (κ2) is 11.1. The average Bonchev–Trinajstić information content (AvgIpc) is 3.64. The summed E-state index contributed by atoms with van der Waals surface area (Å²) >= 11 is 0. The van der Waals surface area contributed by atoms with Gasteiger partial charge < -0.3 is 10.2 Å². The number of amides is 3. The summed E-state index contributed by atoms with van der Waals surface area (Å²) in [5, 5.41) is 3.84. The lowest BCUT2D eigenvalue weighted by molar-refractivity contribution is -0.172. The number of hydrazine groups is 1. The number of nitrogens with one attached hydrogen (secondary N) is 1. The Balaban J connectivity index is 1.14. The number of anilines is 2. The molecule has 14 heteroatoms. The molecule has 0 radical (unpaired) electrons. The Morgan fingerprint density at radius 1 is 1.00 bits per heavy atom. The molecule has 2 fully saturated rings. The maximum Gasteiger partial charge on any atom is 0.401 e. The highest BCUT2D eigenvalue weighted by molar-refractivity contribution is 6.07. The second-order valence-electron chi connectivity index (χ2n) is 12.9. The molecule has 3 amide bonds. The average molecular weight is 655 g/mol. The molecular formula is C33H31F5N6O3. The lowest BCUT2D eigenvalue weighted by Gasteiger charge is -2.48. The van der Waals surface area contributed by atoms with Crippen LogP contribution in [0.4, 0.5) is 33.5 Å². The van der Waals surface area contributed by atoms with Crippen molar-refractivity contribution in [2.24, 2.45) is 5.84 Å². The van der Waals surface area contributed by atoms with Crippen LogP contribution < -0.4 is 16.2 Å². The predicted molar refractivity (Wildman–Crippen MR) is 160 cm³/mol. The van der Waals surface area contributed by atoms with E-state index in [1.165, 1.54) is 0 Å². The van der Waals surface area contributed by atoms with E-state index in [0.29, 0.717) is 36.8 Å². The molecule has 3 unspecified atom stereocenters. The molecule has 1 aromatic heterocycles. The lowest BCUT2D eigenvalue weighted by atomic mass is 9.79. The number of nitrogens with two attached hydrogens (primary N) is 1. The van der Waals surface area contributed by atoms with Crippen LogP contribution in [0.25, 0.3) is 0 Å². The number of halogens is 5. The molecule has 4 aliphatic rings. The van der Waals surface area contributed by atoms with E-state index >= 15 is 0 Å². The Labute approximate surface area is 266 Å². The minimum absolute atomic E-state index is 0.0486. The highest BCUT2D eigenvalue weighted by atomic mass is 19.4. The van der Waals surface area contributed by atoms with Gasteiger partial charge in [0.05, 0.1) is 18.0 Å². The fraction of sp³-hybridized carbons (Fsp3) is 0.394. The molecule has 0 bridgehead atoms. The first-order chi connectivity index (χ1) is 22.3. The number of hydrogen-bond donors (Lipinski definition) is 2. The molecule has 0 saturated carbocycles. The van der Waals surface area contributed by atoms with Crippen molar-refractivity contribution in [3.8, 4) is 0 Å². The van der Waals surface area contributed by atoms with E-state index in [1.54, 1.807) is 30.5 Å². The van der Waals surface area contributed by atoms with Gasteiger partial charge in [-0.3, -0.25) is 19.3 Å². The first-order valence-corrected chi connectivity index (χ1v) is 15.3. The highest BCUT2D eigenvalue weighted by Crippen LogP contribution is 2.49. The zero-order chi connectivity index (χ0) is 33.3. The van der Waals surface area contributed by atoms with Crippen molar-refractivity contribution >= 4 is 29.2 Å². The van der Waals surface area contributed by atoms with Gasteiger partial charge in [0.1, 0.15) is 23.7 Å². The molecule has 3 N–H and O–H groups in total. The van der Waals surface area contributed by atoms with Crippen molar-refractivity contribution in [1.82, 2.24) is 14.8 Å². The zero-order valence-electron chi connectivity index (χ0n) is 25.1. The molecular weight excluding hydrogens is 623 g/mol. The van der Waals surface area contributed by atoms with Gasteiger partial charge in [0.2, 0.25) is 11.8 Å². The van der Waals surface area contributed by atoms with Crippen molar-refractivity contribution in [2.45, 2.75) is 61.7 Å². The topological polar surface area (TPSA) is 112 Å². The first-order valence-electron chi connectivity index (χ1n) is 15.3. The smallest absolute Gasteiger partial charge is 0.325 e. The second-order valence-corrected chi connectivity index (χ2v) is 12.9. The predicted octanol–water partition coefficient (Wildman–Crippen LogP) is 4.32. The van der Waals surface area contributed by atoms with E-state index in [2.05, 4.69) is 10.3 Å². The van der Waals surface area contributed by atoms with Crippen molar-refractivity contribution in [3.05, 3.63) is 88.6 Å². The largest absolute Gasteiger partial charge is 0.401 e. The third-order valence-corrected chi connectivity index (χ3v) is 10.1. The summed E-state index contributed by atoms with van der Waals surface area (Å²) in [7, 11) is 0. The summed E-state index contributed by atoms with van der Waals surface area (Å²) in [6.07, 6.45) is -1.56. The molecule has 3 aliphatic heterocycles. The van der Waals surface area contributed by atoms with E-state index < -0.39 is 59.7 Å². The summed E-state index contributed by atoms with van der Waals surface area (Å²) in [6, 6.07) is 10.7. The Morgan fingerprint density at radius 3 is 2.49 bits per heavy atom. The van der Waals surface area contributed by atoms with Gasteiger partial charge in [-0.25, -0.2) is 24.6 Å². The molecule has 246 valence electrons. The number of hydrogen-bond acceptors (Lipinski definition) is 6. The van der Waals surface area contributed by atoms with Gasteiger partial charge in [-0.15, -0.1) is 0 Å². The van der Waals surface area contributed by atoms with Gasteiger partial charge in [-0.05, 0) is 92.1 Å². The van der Waals surface area contributed by atoms with Crippen LogP contribution in [0.15, 0.2) is 54.7 Å². The molecule has 9 nitrogen and oxygen atoms in total. The maximum atomic E-state index is 14.3. The molecule has 1 aliphatic carbocycles. The van der Waals surface area contributed by atoms with Crippen molar-refractivity contribution in [3.63, 3.8) is 0 Å². The van der Waals surface area contributed by atoms with Crippen molar-refractivity contribution in [1.29, 1.82) is 0 Å². The lowest BCUT2D eigenvalue weighted by Crippen LogP contribution is -2.62. The number of pyridine rings is 1. The molecule has 2 aromatic carbocycles. The quantitative estimate of drug-likeness (QED) is 0.241. The minimum atomic E-state index is -4.54. The third kappa shape index (κ3) is 5.23. The molecule has 2 spiro atoms. The van der Waals surface area contributed by atoms with Gasteiger partial charge in [-0.2, -0.15) is 13.2 Å². The Morgan fingerprint density at radius 2 is 1.74 bits per heavy atom. The zero-order valence-corrected chi connectivity index (χ0v) is 25.1. The van der Waals surface area contributed by atoms with Gasteiger partial charge in [-0.1, -0.05) is 12.1 Å². The summed E-state index contributed by atoms with van der Waals surface area (Å²) in [6.45, 7) is -1.77. The normalized spacial score (nSPS) is 25.6. The number of fused-ring (bicyclic) bond motifs is 3. The van der Waals surface area contributed by atoms with E-state index in [-0.39, 0.29) is 37.3 Å². The first kappa shape index (κ1) is 31.2. The van der Waals surface area contributed by atoms with Crippen molar-refractivity contribution in [2.75, 3.05) is 30.0 Å². The Kier molecular flexibility index (Phi) is 7.35. The molecule has 3 aromatic rings. The van der Waals surface area contributed by atoms with E-state index in [0.717, 1.165) is 43.6 Å². The van der Waals surface area contributed by atoms with E-state index in [1.807, 2.05) is 6.07 Å². The van der Waals surface area contributed by atoms with Crippen LogP contribution in [0.2, 0.25) is 0 Å². The molecule has 4 heterocycles. The summed E-state index contributed by atoms with van der Waals surface area (Å²) in [4.78, 5) is 47.5. The number of alkyl halides is 3. The number of carbonyl (C=O) groups is 3. The van der Waals surface area contributed by atoms with E-state index in [4.69, 9.17) is 5.84 Å². The molecule has 3 atom stereocenters. The van der Waals surface area contributed by atoms with Gasteiger partial charge in [0.25, 0.3) is 5.91 Å². The molecule has 2 saturated heterocycles. The van der Waals surface area contributed by atoms with Gasteiger partial charge in [0.15, 0.2) is 5.82 Å². The highest BCUT2D eigenvalue weighted by Gasteiger charge is 2.56. The number of piperidine rings is 1. The van der Waals surface area contributed by atoms with Crippen LogP contribution in [0.5, 0.6) is 0 Å². The number of likely N-dealkylation sites (tertiary alicyclic amines) is 2. The summed E-state index contributed by atoms with van der Waals surface area (Å²) in [5.41, 5.74) is 0.541.